The summed E-state index contributed by atoms with van der Waals surface area (Å²) in [6.07, 6.45) is -5.36. The molecule has 1 amide bonds. The van der Waals surface area contributed by atoms with Crippen LogP contribution in [-0.2, 0) is 4.79 Å². The second-order valence-corrected chi connectivity index (χ2v) is 11.0. The summed E-state index contributed by atoms with van der Waals surface area (Å²) < 4.78 is 49.0. The molecular formula is C27H21ClF3N3O4S2. The van der Waals surface area contributed by atoms with E-state index in [1.807, 2.05) is 11.4 Å². The Hall–Kier alpha value is -3.50. The van der Waals surface area contributed by atoms with Gasteiger partial charge in [-0.05, 0) is 35.2 Å². The molecule has 0 bridgehead atoms. The molecule has 4 rings (SSSR count). The zero-order valence-corrected chi connectivity index (χ0v) is 23.0. The Morgan fingerprint density at radius 1 is 1.23 bits per heavy atom. The van der Waals surface area contributed by atoms with Gasteiger partial charge >= 0.3 is 6.18 Å². The number of nitriles is 1. The predicted octanol–water partition coefficient (Wildman–Crippen LogP) is 5.95. The number of halogens is 4. The largest absolute Gasteiger partial charge is 0.497 e. The van der Waals surface area contributed by atoms with Crippen LogP contribution in [0.4, 0.5) is 18.9 Å². The maximum absolute atomic E-state index is 14.6. The molecule has 3 aromatic rings. The highest BCUT2D eigenvalue weighted by atomic mass is 35.5. The zero-order valence-electron chi connectivity index (χ0n) is 20.7. The number of rotatable bonds is 8. The average molecular weight is 608 g/mol. The van der Waals surface area contributed by atoms with Crippen molar-refractivity contribution in [3.63, 3.8) is 0 Å². The van der Waals surface area contributed by atoms with Gasteiger partial charge in [0.05, 0.1) is 40.3 Å². The third-order valence-electron chi connectivity index (χ3n) is 6.18. The van der Waals surface area contributed by atoms with Crippen LogP contribution in [0.2, 0.25) is 5.02 Å². The molecular weight excluding hydrogens is 587 g/mol. The molecule has 1 aromatic heterocycles. The second-order valence-electron chi connectivity index (χ2n) is 8.63. The van der Waals surface area contributed by atoms with Crippen molar-refractivity contribution in [2.75, 3.05) is 18.2 Å². The van der Waals surface area contributed by atoms with Crippen molar-refractivity contribution in [3.05, 3.63) is 92.1 Å². The van der Waals surface area contributed by atoms with Gasteiger partial charge in [-0.25, -0.2) is 0 Å². The van der Waals surface area contributed by atoms with E-state index >= 15 is 0 Å². The van der Waals surface area contributed by atoms with E-state index in [0.29, 0.717) is 23.2 Å². The molecule has 0 unspecified atom stereocenters. The molecule has 0 aliphatic carbocycles. The first kappa shape index (κ1) is 29.5. The summed E-state index contributed by atoms with van der Waals surface area (Å²) >= 11 is 7.87. The van der Waals surface area contributed by atoms with Crippen molar-refractivity contribution in [2.24, 2.45) is 5.92 Å². The van der Waals surface area contributed by atoms with Crippen LogP contribution in [0.1, 0.15) is 21.2 Å². The number of ketones is 1. The Bertz CT molecular complexity index is 1490. The topological polar surface area (TPSA) is 111 Å². The van der Waals surface area contributed by atoms with Gasteiger partial charge in [0.1, 0.15) is 5.75 Å². The Morgan fingerprint density at radius 2 is 1.98 bits per heavy atom. The molecule has 0 fully saturated rings. The summed E-state index contributed by atoms with van der Waals surface area (Å²) in [5.74, 6) is -5.32. The van der Waals surface area contributed by atoms with E-state index in [1.54, 1.807) is 30.3 Å². The molecule has 2 heterocycles. The number of nitrogens with zero attached hydrogens (tertiary/aromatic N) is 1. The summed E-state index contributed by atoms with van der Waals surface area (Å²) in [6.45, 7) is 0. The van der Waals surface area contributed by atoms with Crippen LogP contribution in [-0.4, -0.2) is 41.6 Å². The van der Waals surface area contributed by atoms with Gasteiger partial charge in [0.25, 0.3) is 0 Å². The summed E-state index contributed by atoms with van der Waals surface area (Å²) in [5.41, 5.74) is -3.61. The number of alkyl halides is 3. The van der Waals surface area contributed by atoms with Crippen LogP contribution in [0.25, 0.3) is 0 Å². The van der Waals surface area contributed by atoms with Crippen LogP contribution in [0.15, 0.2) is 76.6 Å². The van der Waals surface area contributed by atoms with Gasteiger partial charge < -0.3 is 20.5 Å². The minimum Gasteiger partial charge on any atom is -0.497 e. The minimum absolute atomic E-state index is 0.00997. The van der Waals surface area contributed by atoms with E-state index in [2.05, 4.69) is 5.32 Å². The van der Waals surface area contributed by atoms with Gasteiger partial charge in [0, 0.05) is 22.7 Å². The lowest BCUT2D eigenvalue weighted by atomic mass is 9.70. The Labute approximate surface area is 240 Å². The second kappa shape index (κ2) is 11.9. The lowest BCUT2D eigenvalue weighted by Gasteiger charge is -2.45. The normalized spacial score (nSPS) is 20.8. The van der Waals surface area contributed by atoms with Gasteiger partial charge in [0.2, 0.25) is 11.6 Å². The summed E-state index contributed by atoms with van der Waals surface area (Å²) in [6, 6.07) is 17.1. The molecule has 2 aromatic carbocycles. The number of allylic oxidation sites excluding steroid dienone is 1. The molecule has 7 nitrogen and oxygen atoms in total. The molecule has 3 atom stereocenters. The molecule has 1 aliphatic heterocycles. The third-order valence-corrected chi connectivity index (χ3v) is 8.43. The van der Waals surface area contributed by atoms with Crippen molar-refractivity contribution in [3.8, 4) is 11.8 Å². The van der Waals surface area contributed by atoms with Gasteiger partial charge in [-0.2, -0.15) is 18.4 Å². The van der Waals surface area contributed by atoms with Crippen LogP contribution >= 0.6 is 34.7 Å². The number of carbonyl (C=O) groups is 2. The summed E-state index contributed by atoms with van der Waals surface area (Å²) in [7, 11) is 1.45. The number of hydrogen-bond donors (Lipinski definition) is 3. The molecule has 40 heavy (non-hydrogen) atoms. The standard InChI is InChI=1S/C27H21ClF3N3O4S2/c1-38-16-7-4-6-15(12-16)33-21(35)14-40-25-18(13-32)22(17-8-2-3-9-19(17)28)23(24(36)20-10-5-11-39-20)26(37,34-25)27(29,30)31/h2-12,22-23,34,37H,14H2,1H3,(H,33,35)/t22-,23-,26+/m0/s1. The highest BCUT2D eigenvalue weighted by molar-refractivity contribution is 8.03. The number of amides is 1. The number of anilines is 1. The highest BCUT2D eigenvalue weighted by Gasteiger charge is 2.66. The van der Waals surface area contributed by atoms with Gasteiger partial charge in [-0.1, -0.05) is 53.7 Å². The van der Waals surface area contributed by atoms with E-state index in [0.717, 1.165) is 11.3 Å². The van der Waals surface area contributed by atoms with E-state index in [1.165, 1.54) is 42.8 Å². The fourth-order valence-corrected chi connectivity index (χ4v) is 6.22. The quantitative estimate of drug-likeness (QED) is 0.271. The molecule has 0 saturated heterocycles. The SMILES string of the molecule is COc1cccc(NC(=O)CSC2=C(C#N)[C@H](c3ccccc3Cl)[C@@H](C(=O)c3cccs3)[C@@](O)(C(F)(F)F)N2)c1. The summed E-state index contributed by atoms with van der Waals surface area (Å²) in [4.78, 5) is 26.2. The van der Waals surface area contributed by atoms with Gasteiger partial charge in [-0.3, -0.25) is 9.59 Å². The monoisotopic (exact) mass is 607 g/mol. The molecule has 1 aliphatic rings. The van der Waals surface area contributed by atoms with Gasteiger partial charge in [-0.15, -0.1) is 11.3 Å². The van der Waals surface area contributed by atoms with Crippen LogP contribution in [0, 0.1) is 17.2 Å². The fraction of sp³-hybridized carbons (Fsp3) is 0.222. The van der Waals surface area contributed by atoms with E-state index < -0.39 is 46.2 Å². The first-order chi connectivity index (χ1) is 19.0. The maximum atomic E-state index is 14.6. The summed E-state index contributed by atoms with van der Waals surface area (Å²) in [5, 5.41) is 27.1. The number of aliphatic hydroxyl groups is 1. The number of thiophene rings is 1. The number of benzene rings is 2. The number of hydrogen-bond acceptors (Lipinski definition) is 8. The van der Waals surface area contributed by atoms with Crippen molar-refractivity contribution in [2.45, 2.75) is 17.8 Å². The first-order valence-electron chi connectivity index (χ1n) is 11.6. The Kier molecular flexibility index (Phi) is 8.80. The number of Topliss-reactive ketones (excluding diaryl/α,β-unsaturated/α-hetero) is 1. The van der Waals surface area contributed by atoms with Crippen LogP contribution in [0.5, 0.6) is 5.75 Å². The zero-order chi connectivity index (χ0) is 29.1. The average Bonchev–Trinajstić information content (AvgIpc) is 3.46. The van der Waals surface area contributed by atoms with Gasteiger partial charge in [0.15, 0.2) is 5.78 Å². The fourth-order valence-electron chi connectivity index (χ4n) is 4.36. The van der Waals surface area contributed by atoms with Crippen molar-refractivity contribution < 1.29 is 32.6 Å². The number of nitrogens with one attached hydrogen (secondary N) is 2. The number of methoxy groups -OCH3 is 1. The van der Waals surface area contributed by atoms with E-state index in [4.69, 9.17) is 16.3 Å². The molecule has 208 valence electrons. The van der Waals surface area contributed by atoms with Crippen molar-refractivity contribution in [1.29, 1.82) is 5.26 Å². The van der Waals surface area contributed by atoms with E-state index in [9.17, 15) is 33.1 Å². The number of ether oxygens (including phenoxy) is 1. The lowest BCUT2D eigenvalue weighted by Crippen LogP contribution is -2.66. The first-order valence-corrected chi connectivity index (χ1v) is 13.8. The lowest BCUT2D eigenvalue weighted by molar-refractivity contribution is -0.285. The van der Waals surface area contributed by atoms with Crippen molar-refractivity contribution >= 4 is 52.1 Å². The third kappa shape index (κ3) is 5.83. The van der Waals surface area contributed by atoms with Crippen molar-refractivity contribution in [1.82, 2.24) is 5.32 Å². The van der Waals surface area contributed by atoms with Crippen LogP contribution < -0.4 is 15.4 Å². The number of carbonyl (C=O) groups excluding carboxylic acids is 2. The van der Waals surface area contributed by atoms with Crippen LogP contribution in [0.3, 0.4) is 0 Å². The smallest absolute Gasteiger partial charge is 0.437 e. The highest BCUT2D eigenvalue weighted by Crippen LogP contribution is 2.52. The number of thioether (sulfide) groups is 1. The Morgan fingerprint density at radius 3 is 2.60 bits per heavy atom. The molecule has 0 saturated carbocycles. The minimum atomic E-state index is -5.36. The molecule has 13 heteroatoms. The van der Waals surface area contributed by atoms with E-state index in [-0.39, 0.29) is 21.0 Å². The molecule has 0 radical (unpaired) electrons. The predicted molar refractivity (Wildman–Crippen MR) is 147 cm³/mol. The molecule has 3 N–H and O–H groups in total. The Balaban J connectivity index is 1.78. The molecule has 0 spiro atoms. The maximum Gasteiger partial charge on any atom is 0.437 e.